The molecule has 104 valence electrons. The van der Waals surface area contributed by atoms with Gasteiger partial charge in [-0.3, -0.25) is 10.1 Å². The SMILES string of the molecule is CC(Nc1cc([N+](=O)[O-])cc(Cl)n1)c1cccc(Br)c1. The van der Waals surface area contributed by atoms with Gasteiger partial charge in [-0.05, 0) is 24.6 Å². The van der Waals surface area contributed by atoms with Crippen LogP contribution in [-0.2, 0) is 0 Å². The van der Waals surface area contributed by atoms with Gasteiger partial charge in [0.15, 0.2) is 0 Å². The molecule has 0 aliphatic heterocycles. The van der Waals surface area contributed by atoms with Crippen molar-refractivity contribution in [3.05, 3.63) is 61.7 Å². The van der Waals surface area contributed by atoms with Gasteiger partial charge in [-0.25, -0.2) is 4.98 Å². The van der Waals surface area contributed by atoms with Gasteiger partial charge in [-0.15, -0.1) is 0 Å². The van der Waals surface area contributed by atoms with Crippen LogP contribution in [0.25, 0.3) is 0 Å². The zero-order valence-corrected chi connectivity index (χ0v) is 12.9. The zero-order chi connectivity index (χ0) is 14.7. The molecule has 1 N–H and O–H groups in total. The highest BCUT2D eigenvalue weighted by Crippen LogP contribution is 2.25. The standard InChI is InChI=1S/C13H11BrClN3O2/c1-8(9-3-2-4-10(14)5-9)16-13-7-11(18(19)20)6-12(15)17-13/h2-8H,1H3,(H,16,17). The molecule has 1 atom stereocenters. The number of nitrogens with one attached hydrogen (secondary N) is 1. The summed E-state index contributed by atoms with van der Waals surface area (Å²) in [5.74, 6) is 0.372. The van der Waals surface area contributed by atoms with Crippen molar-refractivity contribution in [1.82, 2.24) is 4.98 Å². The van der Waals surface area contributed by atoms with Crippen LogP contribution in [0, 0.1) is 10.1 Å². The van der Waals surface area contributed by atoms with Crippen LogP contribution in [0.4, 0.5) is 11.5 Å². The summed E-state index contributed by atoms with van der Waals surface area (Å²) in [7, 11) is 0. The van der Waals surface area contributed by atoms with Gasteiger partial charge in [-0.2, -0.15) is 0 Å². The molecule has 1 heterocycles. The molecule has 1 unspecified atom stereocenters. The Hall–Kier alpha value is -1.66. The Kier molecular flexibility index (Phi) is 4.57. The molecule has 20 heavy (non-hydrogen) atoms. The third kappa shape index (κ3) is 3.68. The molecule has 0 aliphatic rings. The molecule has 0 saturated carbocycles. The normalized spacial score (nSPS) is 11.9. The number of halogens is 2. The predicted molar refractivity (Wildman–Crippen MR) is 82.1 cm³/mol. The van der Waals surface area contributed by atoms with Crippen LogP contribution in [0.5, 0.6) is 0 Å². The second kappa shape index (κ2) is 6.19. The largest absolute Gasteiger partial charge is 0.363 e. The Morgan fingerprint density at radius 1 is 1.40 bits per heavy atom. The van der Waals surface area contributed by atoms with Gasteiger partial charge in [-0.1, -0.05) is 39.7 Å². The molecule has 7 heteroatoms. The molecule has 2 rings (SSSR count). The highest BCUT2D eigenvalue weighted by Gasteiger charge is 2.12. The molecule has 5 nitrogen and oxygen atoms in total. The number of nitro groups is 1. The smallest absolute Gasteiger partial charge is 0.276 e. The molecule has 2 aromatic rings. The Morgan fingerprint density at radius 2 is 2.15 bits per heavy atom. The summed E-state index contributed by atoms with van der Waals surface area (Å²) in [4.78, 5) is 14.3. The van der Waals surface area contributed by atoms with E-state index in [-0.39, 0.29) is 16.9 Å². The van der Waals surface area contributed by atoms with Gasteiger partial charge in [0.1, 0.15) is 11.0 Å². The Balaban J connectivity index is 2.23. The van der Waals surface area contributed by atoms with Crippen LogP contribution in [-0.4, -0.2) is 9.91 Å². The zero-order valence-electron chi connectivity index (χ0n) is 10.5. The Labute approximate surface area is 129 Å². The van der Waals surface area contributed by atoms with Gasteiger partial charge in [0.25, 0.3) is 5.69 Å². The maximum atomic E-state index is 10.8. The summed E-state index contributed by atoms with van der Waals surface area (Å²) in [6, 6.07) is 10.3. The van der Waals surface area contributed by atoms with Crippen LogP contribution in [0.3, 0.4) is 0 Å². The summed E-state index contributed by atoms with van der Waals surface area (Å²) < 4.78 is 0.966. The number of pyridine rings is 1. The monoisotopic (exact) mass is 355 g/mol. The summed E-state index contributed by atoms with van der Waals surface area (Å²) >= 11 is 9.19. The van der Waals surface area contributed by atoms with Crippen LogP contribution < -0.4 is 5.32 Å². The molecular weight excluding hydrogens is 346 g/mol. The fraction of sp³-hybridized carbons (Fsp3) is 0.154. The van der Waals surface area contributed by atoms with E-state index >= 15 is 0 Å². The summed E-state index contributed by atoms with van der Waals surface area (Å²) in [5.41, 5.74) is 0.942. The quantitative estimate of drug-likeness (QED) is 0.494. The van der Waals surface area contributed by atoms with Gasteiger partial charge >= 0.3 is 0 Å². The lowest BCUT2D eigenvalue weighted by Crippen LogP contribution is -2.08. The van der Waals surface area contributed by atoms with Crippen LogP contribution in [0.1, 0.15) is 18.5 Å². The molecule has 0 fully saturated rings. The second-order valence-corrected chi connectivity index (χ2v) is 5.51. The van der Waals surface area contributed by atoms with E-state index in [1.54, 1.807) is 0 Å². The number of hydrogen-bond donors (Lipinski definition) is 1. The lowest BCUT2D eigenvalue weighted by molar-refractivity contribution is -0.384. The van der Waals surface area contributed by atoms with Crippen molar-refractivity contribution >= 4 is 39.0 Å². The van der Waals surface area contributed by atoms with Crippen molar-refractivity contribution in [2.24, 2.45) is 0 Å². The first kappa shape index (κ1) is 14.7. The van der Waals surface area contributed by atoms with Crippen molar-refractivity contribution in [2.75, 3.05) is 5.32 Å². The summed E-state index contributed by atoms with van der Waals surface area (Å²) in [5, 5.41) is 14.0. The van der Waals surface area contributed by atoms with E-state index in [1.165, 1.54) is 12.1 Å². The van der Waals surface area contributed by atoms with E-state index in [9.17, 15) is 10.1 Å². The topological polar surface area (TPSA) is 68.1 Å². The van der Waals surface area contributed by atoms with Crippen LogP contribution >= 0.6 is 27.5 Å². The van der Waals surface area contributed by atoms with Crippen LogP contribution in [0.15, 0.2) is 40.9 Å². The van der Waals surface area contributed by atoms with E-state index < -0.39 is 4.92 Å². The average molecular weight is 357 g/mol. The molecular formula is C13H11BrClN3O2. The second-order valence-electron chi connectivity index (χ2n) is 4.21. The summed E-state index contributed by atoms with van der Waals surface area (Å²) in [6.45, 7) is 1.94. The minimum atomic E-state index is -0.498. The first-order valence-electron chi connectivity index (χ1n) is 5.79. The average Bonchev–Trinajstić information content (AvgIpc) is 2.37. The molecule has 0 aliphatic carbocycles. The maximum absolute atomic E-state index is 10.8. The molecule has 0 spiro atoms. The molecule has 0 radical (unpaired) electrons. The van der Waals surface area contributed by atoms with E-state index in [0.717, 1.165) is 10.0 Å². The van der Waals surface area contributed by atoms with Crippen molar-refractivity contribution in [3.63, 3.8) is 0 Å². The molecule has 0 saturated heterocycles. The predicted octanol–water partition coefficient (Wildman–Crippen LogP) is 4.58. The fourth-order valence-corrected chi connectivity index (χ4v) is 2.36. The molecule has 0 amide bonds. The molecule has 1 aromatic heterocycles. The number of hydrogen-bond acceptors (Lipinski definition) is 4. The lowest BCUT2D eigenvalue weighted by atomic mass is 10.1. The lowest BCUT2D eigenvalue weighted by Gasteiger charge is -2.15. The third-order valence-electron chi connectivity index (χ3n) is 2.70. The van der Waals surface area contributed by atoms with E-state index in [4.69, 9.17) is 11.6 Å². The number of nitrogens with zero attached hydrogens (tertiary/aromatic N) is 2. The number of aromatic nitrogens is 1. The van der Waals surface area contributed by atoms with E-state index in [0.29, 0.717) is 5.82 Å². The highest BCUT2D eigenvalue weighted by atomic mass is 79.9. The van der Waals surface area contributed by atoms with Crippen molar-refractivity contribution in [3.8, 4) is 0 Å². The number of rotatable bonds is 4. The molecule has 0 bridgehead atoms. The van der Waals surface area contributed by atoms with Gasteiger partial charge in [0.2, 0.25) is 0 Å². The first-order chi connectivity index (χ1) is 9.45. The third-order valence-corrected chi connectivity index (χ3v) is 3.39. The maximum Gasteiger partial charge on any atom is 0.276 e. The van der Waals surface area contributed by atoms with E-state index in [1.807, 2.05) is 31.2 Å². The minimum Gasteiger partial charge on any atom is -0.363 e. The number of benzene rings is 1. The fourth-order valence-electron chi connectivity index (χ4n) is 1.74. The van der Waals surface area contributed by atoms with Gasteiger partial charge in [0, 0.05) is 10.5 Å². The highest BCUT2D eigenvalue weighted by molar-refractivity contribution is 9.10. The van der Waals surface area contributed by atoms with Gasteiger partial charge in [0.05, 0.1) is 17.1 Å². The van der Waals surface area contributed by atoms with Crippen LogP contribution in [0.2, 0.25) is 5.15 Å². The minimum absolute atomic E-state index is 0.0573. The first-order valence-corrected chi connectivity index (χ1v) is 6.97. The van der Waals surface area contributed by atoms with Gasteiger partial charge < -0.3 is 5.32 Å². The van der Waals surface area contributed by atoms with Crippen molar-refractivity contribution < 1.29 is 4.92 Å². The Bertz CT molecular complexity index is 651. The van der Waals surface area contributed by atoms with Crippen molar-refractivity contribution in [1.29, 1.82) is 0 Å². The number of anilines is 1. The van der Waals surface area contributed by atoms with Crippen molar-refractivity contribution in [2.45, 2.75) is 13.0 Å². The molecule has 1 aromatic carbocycles. The summed E-state index contributed by atoms with van der Waals surface area (Å²) in [6.07, 6.45) is 0. The Morgan fingerprint density at radius 3 is 2.80 bits per heavy atom. The van der Waals surface area contributed by atoms with E-state index in [2.05, 4.69) is 26.2 Å².